The minimum absolute atomic E-state index is 0.483. The fourth-order valence-corrected chi connectivity index (χ4v) is 2.20. The van der Waals surface area contributed by atoms with Gasteiger partial charge in [0.05, 0.1) is 0 Å². The largest absolute Gasteiger partial charge is 0.310 e. The summed E-state index contributed by atoms with van der Waals surface area (Å²) in [6, 6.07) is 9.23. The first-order valence-corrected chi connectivity index (χ1v) is 6.86. The van der Waals surface area contributed by atoms with Gasteiger partial charge in [-0.15, -0.1) is 0 Å². The number of nitrogens with one attached hydrogen (secondary N) is 1. The molecule has 1 N–H and O–H groups in total. The molecule has 0 bridgehead atoms. The van der Waals surface area contributed by atoms with Gasteiger partial charge in [0.15, 0.2) is 0 Å². The first-order valence-electron chi connectivity index (χ1n) is 6.86. The number of benzene rings is 1. The van der Waals surface area contributed by atoms with Crippen LogP contribution in [0.3, 0.4) is 0 Å². The summed E-state index contributed by atoms with van der Waals surface area (Å²) in [5.41, 5.74) is 2.86. The van der Waals surface area contributed by atoms with Gasteiger partial charge in [-0.25, -0.2) is 0 Å². The minimum Gasteiger partial charge on any atom is -0.310 e. The van der Waals surface area contributed by atoms with Crippen molar-refractivity contribution in [2.24, 2.45) is 11.8 Å². The molecule has 96 valence electrons. The Balaban J connectivity index is 2.93. The van der Waals surface area contributed by atoms with E-state index in [1.54, 1.807) is 0 Å². The molecule has 1 rings (SSSR count). The van der Waals surface area contributed by atoms with E-state index in [1.165, 1.54) is 17.5 Å². The molecule has 0 aliphatic carbocycles. The van der Waals surface area contributed by atoms with Gasteiger partial charge >= 0.3 is 0 Å². The lowest BCUT2D eigenvalue weighted by Gasteiger charge is -2.29. The second-order valence-corrected chi connectivity index (χ2v) is 5.39. The monoisotopic (exact) mass is 233 g/mol. The Morgan fingerprint density at radius 2 is 1.76 bits per heavy atom. The topological polar surface area (TPSA) is 12.0 Å². The van der Waals surface area contributed by atoms with Crippen LogP contribution in [0.5, 0.6) is 0 Å². The lowest BCUT2D eigenvalue weighted by Crippen LogP contribution is -2.30. The summed E-state index contributed by atoms with van der Waals surface area (Å²) in [6.45, 7) is 12.5. The van der Waals surface area contributed by atoms with E-state index in [0.717, 1.165) is 6.54 Å². The summed E-state index contributed by atoms with van der Waals surface area (Å²) in [5.74, 6) is 1.35. The summed E-state index contributed by atoms with van der Waals surface area (Å²) in [4.78, 5) is 0. The minimum atomic E-state index is 0.483. The van der Waals surface area contributed by atoms with Crippen LogP contribution in [0, 0.1) is 18.8 Å². The molecule has 0 fully saturated rings. The van der Waals surface area contributed by atoms with Crippen LogP contribution in [0.15, 0.2) is 24.3 Å². The first kappa shape index (κ1) is 14.2. The molecular weight excluding hydrogens is 206 g/mol. The third-order valence-electron chi connectivity index (χ3n) is 3.72. The molecule has 2 atom stereocenters. The van der Waals surface area contributed by atoms with Gasteiger partial charge in [-0.05, 0) is 42.9 Å². The van der Waals surface area contributed by atoms with Gasteiger partial charge in [0.2, 0.25) is 0 Å². The summed E-state index contributed by atoms with van der Waals surface area (Å²) >= 11 is 0. The van der Waals surface area contributed by atoms with Gasteiger partial charge in [0.25, 0.3) is 0 Å². The molecule has 0 saturated heterocycles. The van der Waals surface area contributed by atoms with Gasteiger partial charge < -0.3 is 5.32 Å². The summed E-state index contributed by atoms with van der Waals surface area (Å²) in [5, 5.41) is 3.71. The molecule has 0 aliphatic rings. The second-order valence-electron chi connectivity index (χ2n) is 5.39. The SMILES string of the molecule is CCCNC(c1ccccc1C)C(C)C(C)C. The predicted octanol–water partition coefficient (Wildman–Crippen LogP) is 4.33. The first-order chi connectivity index (χ1) is 8.07. The van der Waals surface area contributed by atoms with Crippen molar-refractivity contribution in [2.45, 2.75) is 47.1 Å². The predicted molar refractivity (Wildman–Crippen MR) is 76.2 cm³/mol. The lowest BCUT2D eigenvalue weighted by atomic mass is 9.84. The van der Waals surface area contributed by atoms with Gasteiger partial charge in [0.1, 0.15) is 0 Å². The third-order valence-corrected chi connectivity index (χ3v) is 3.72. The zero-order valence-corrected chi connectivity index (χ0v) is 12.0. The molecule has 17 heavy (non-hydrogen) atoms. The van der Waals surface area contributed by atoms with E-state index >= 15 is 0 Å². The van der Waals surface area contributed by atoms with E-state index in [-0.39, 0.29) is 0 Å². The fraction of sp³-hybridized carbons (Fsp3) is 0.625. The van der Waals surface area contributed by atoms with Gasteiger partial charge in [-0.1, -0.05) is 52.0 Å². The molecule has 0 radical (unpaired) electrons. The third kappa shape index (κ3) is 3.85. The maximum absolute atomic E-state index is 3.71. The van der Waals surface area contributed by atoms with Crippen LogP contribution in [0.1, 0.15) is 51.3 Å². The highest BCUT2D eigenvalue weighted by Crippen LogP contribution is 2.29. The Morgan fingerprint density at radius 1 is 1.12 bits per heavy atom. The second kappa shape index (κ2) is 6.80. The van der Waals surface area contributed by atoms with Crippen molar-refractivity contribution in [1.82, 2.24) is 5.32 Å². The Bertz CT molecular complexity index is 330. The maximum atomic E-state index is 3.71. The lowest BCUT2D eigenvalue weighted by molar-refractivity contribution is 0.303. The summed E-state index contributed by atoms with van der Waals surface area (Å²) in [7, 11) is 0. The molecule has 0 aliphatic heterocycles. The molecule has 0 spiro atoms. The quantitative estimate of drug-likeness (QED) is 0.771. The van der Waals surface area contributed by atoms with Crippen molar-refractivity contribution in [3.8, 4) is 0 Å². The highest BCUT2D eigenvalue weighted by Gasteiger charge is 2.22. The normalized spacial score (nSPS) is 14.9. The average molecular weight is 233 g/mol. The van der Waals surface area contributed by atoms with Crippen molar-refractivity contribution < 1.29 is 0 Å². The van der Waals surface area contributed by atoms with Crippen molar-refractivity contribution >= 4 is 0 Å². The Labute approximate surface area is 107 Å². The van der Waals surface area contributed by atoms with E-state index in [9.17, 15) is 0 Å². The van der Waals surface area contributed by atoms with Crippen LogP contribution >= 0.6 is 0 Å². The molecule has 1 heteroatoms. The van der Waals surface area contributed by atoms with Crippen LogP contribution in [0.25, 0.3) is 0 Å². The van der Waals surface area contributed by atoms with Crippen molar-refractivity contribution in [3.05, 3.63) is 35.4 Å². The van der Waals surface area contributed by atoms with Crippen LogP contribution in [0.2, 0.25) is 0 Å². The molecule has 0 heterocycles. The van der Waals surface area contributed by atoms with E-state index in [4.69, 9.17) is 0 Å². The van der Waals surface area contributed by atoms with E-state index in [0.29, 0.717) is 17.9 Å². The standard InChI is InChI=1S/C16H27N/c1-6-11-17-16(14(5)12(2)3)15-10-8-7-9-13(15)4/h7-10,12,14,16-17H,6,11H2,1-5H3. The molecule has 0 amide bonds. The molecule has 1 aromatic carbocycles. The van der Waals surface area contributed by atoms with Crippen LogP contribution in [-0.2, 0) is 0 Å². The fourth-order valence-electron chi connectivity index (χ4n) is 2.20. The maximum Gasteiger partial charge on any atom is 0.0351 e. The van der Waals surface area contributed by atoms with E-state index < -0.39 is 0 Å². The Kier molecular flexibility index (Phi) is 5.70. The highest BCUT2D eigenvalue weighted by atomic mass is 14.9. The molecular formula is C16H27N. The zero-order chi connectivity index (χ0) is 12.8. The van der Waals surface area contributed by atoms with Crippen molar-refractivity contribution in [1.29, 1.82) is 0 Å². The van der Waals surface area contributed by atoms with Crippen molar-refractivity contribution in [2.75, 3.05) is 6.54 Å². The number of rotatable bonds is 6. The summed E-state index contributed by atoms with van der Waals surface area (Å²) < 4.78 is 0. The molecule has 0 aromatic heterocycles. The molecule has 1 aromatic rings. The zero-order valence-electron chi connectivity index (χ0n) is 12.0. The number of hydrogen-bond donors (Lipinski definition) is 1. The van der Waals surface area contributed by atoms with Crippen LogP contribution in [0.4, 0.5) is 0 Å². The smallest absolute Gasteiger partial charge is 0.0351 e. The van der Waals surface area contributed by atoms with E-state index in [1.807, 2.05) is 0 Å². The van der Waals surface area contributed by atoms with Crippen molar-refractivity contribution in [3.63, 3.8) is 0 Å². The molecule has 0 saturated carbocycles. The molecule has 1 nitrogen and oxygen atoms in total. The Hall–Kier alpha value is -0.820. The number of aryl methyl sites for hydroxylation is 1. The highest BCUT2D eigenvalue weighted by molar-refractivity contribution is 5.29. The Morgan fingerprint density at radius 3 is 2.29 bits per heavy atom. The van der Waals surface area contributed by atoms with E-state index in [2.05, 4.69) is 64.2 Å². The van der Waals surface area contributed by atoms with Gasteiger partial charge in [-0.3, -0.25) is 0 Å². The van der Waals surface area contributed by atoms with Crippen LogP contribution < -0.4 is 5.32 Å². The number of hydrogen-bond acceptors (Lipinski definition) is 1. The summed E-state index contributed by atoms with van der Waals surface area (Å²) in [6.07, 6.45) is 1.19. The van der Waals surface area contributed by atoms with Crippen LogP contribution in [-0.4, -0.2) is 6.54 Å². The molecule has 2 unspecified atom stereocenters. The van der Waals surface area contributed by atoms with Gasteiger partial charge in [0, 0.05) is 6.04 Å². The average Bonchev–Trinajstić information content (AvgIpc) is 2.31. The van der Waals surface area contributed by atoms with Gasteiger partial charge in [-0.2, -0.15) is 0 Å².